The molecule has 0 aliphatic rings. The predicted octanol–water partition coefficient (Wildman–Crippen LogP) is 0.0709. The monoisotopic (exact) mass is 162 g/mol. The van der Waals surface area contributed by atoms with Gasteiger partial charge in [0.05, 0.1) is 0 Å². The van der Waals surface area contributed by atoms with Gasteiger partial charge < -0.3 is 0 Å². The maximum absolute atomic E-state index is 11.1. The van der Waals surface area contributed by atoms with Crippen LogP contribution in [0.15, 0.2) is 0 Å². The van der Waals surface area contributed by atoms with Crippen molar-refractivity contribution in [1.29, 1.82) is 0 Å². The summed E-state index contributed by atoms with van der Waals surface area (Å²) >= 11 is 0. The fraction of sp³-hybridized carbons (Fsp3) is 1.00. The molecule has 0 fully saturated rings. The molecule has 0 amide bonds. The fourth-order valence-electron chi connectivity index (χ4n) is 0.137. The lowest BCUT2D eigenvalue weighted by molar-refractivity contribution is 0.0782. The third kappa shape index (κ3) is 7.73. The molecule has 1 N–H and O–H groups in total. The maximum Gasteiger partial charge on any atom is 0.397 e. The molecule has 56 valence electrons. The molecule has 0 radical (unpaired) electrons. The van der Waals surface area contributed by atoms with Crippen molar-refractivity contribution in [2.24, 2.45) is 0 Å². The summed E-state index contributed by atoms with van der Waals surface area (Å²) < 4.78 is 52.2. The Bertz CT molecular complexity index is 161. The minimum Gasteiger partial charge on any atom is -0.264 e. The van der Waals surface area contributed by atoms with Gasteiger partial charge in [-0.1, -0.05) is 0 Å². The van der Waals surface area contributed by atoms with E-state index in [4.69, 9.17) is 4.55 Å². The predicted molar refractivity (Wildman–Crippen MR) is 23.5 cm³/mol. The molecule has 0 unspecified atom stereocenters. The number of halogens is 2. The summed E-state index contributed by atoms with van der Waals surface area (Å²) in [6, 6.07) is 0. The van der Waals surface area contributed by atoms with Gasteiger partial charge in [0, 0.05) is 0 Å². The molecular formula is C2H4F2O4S. The molecule has 0 rings (SSSR count). The summed E-state index contributed by atoms with van der Waals surface area (Å²) in [5, 5.41) is 0. The highest BCUT2D eigenvalue weighted by atomic mass is 32.3. The van der Waals surface area contributed by atoms with Crippen LogP contribution in [0.2, 0.25) is 0 Å². The van der Waals surface area contributed by atoms with Crippen molar-refractivity contribution in [2.45, 2.75) is 6.43 Å². The van der Waals surface area contributed by atoms with E-state index < -0.39 is 23.4 Å². The lowest BCUT2D eigenvalue weighted by atomic mass is 10.8. The van der Waals surface area contributed by atoms with E-state index in [0.717, 1.165) is 0 Å². The van der Waals surface area contributed by atoms with Crippen LogP contribution in [-0.2, 0) is 14.6 Å². The second-order valence-electron chi connectivity index (χ2n) is 1.10. The number of alkyl halides is 2. The summed E-state index contributed by atoms with van der Waals surface area (Å²) in [7, 11) is -4.70. The van der Waals surface area contributed by atoms with Crippen molar-refractivity contribution in [3.8, 4) is 0 Å². The van der Waals surface area contributed by atoms with E-state index in [0.29, 0.717) is 0 Å². The van der Waals surface area contributed by atoms with Crippen molar-refractivity contribution in [1.82, 2.24) is 0 Å². The van der Waals surface area contributed by atoms with E-state index in [1.165, 1.54) is 0 Å². The molecule has 0 aliphatic heterocycles. The first kappa shape index (κ1) is 8.73. The van der Waals surface area contributed by atoms with Crippen LogP contribution in [-0.4, -0.2) is 26.0 Å². The Hall–Kier alpha value is -0.270. The smallest absolute Gasteiger partial charge is 0.264 e. The van der Waals surface area contributed by atoms with Gasteiger partial charge in [-0.3, -0.25) is 4.55 Å². The average molecular weight is 162 g/mol. The van der Waals surface area contributed by atoms with E-state index in [1.54, 1.807) is 0 Å². The zero-order valence-corrected chi connectivity index (χ0v) is 4.94. The van der Waals surface area contributed by atoms with Crippen LogP contribution in [0.25, 0.3) is 0 Å². The van der Waals surface area contributed by atoms with Gasteiger partial charge in [-0.15, -0.1) is 0 Å². The highest BCUT2D eigenvalue weighted by Crippen LogP contribution is 1.95. The molecule has 4 nitrogen and oxygen atoms in total. The van der Waals surface area contributed by atoms with E-state index in [2.05, 4.69) is 4.18 Å². The first-order valence-corrected chi connectivity index (χ1v) is 3.18. The minimum absolute atomic E-state index is 1.31. The molecule has 0 atom stereocenters. The van der Waals surface area contributed by atoms with Gasteiger partial charge in [0.1, 0.15) is 6.61 Å². The summed E-state index contributed by atoms with van der Waals surface area (Å²) in [6.07, 6.45) is -2.90. The highest BCUT2D eigenvalue weighted by molar-refractivity contribution is 7.80. The van der Waals surface area contributed by atoms with Crippen LogP contribution in [0, 0.1) is 0 Å². The third-order valence-electron chi connectivity index (χ3n) is 0.343. The zero-order valence-electron chi connectivity index (χ0n) is 4.12. The van der Waals surface area contributed by atoms with Crippen LogP contribution in [0.1, 0.15) is 0 Å². The molecule has 0 aromatic rings. The van der Waals surface area contributed by atoms with E-state index in [1.807, 2.05) is 0 Å². The maximum atomic E-state index is 11.1. The Balaban J connectivity index is 3.53. The molecule has 0 heterocycles. The lowest BCUT2D eigenvalue weighted by Gasteiger charge is -1.95. The van der Waals surface area contributed by atoms with Crippen molar-refractivity contribution in [2.75, 3.05) is 6.61 Å². The number of rotatable bonds is 3. The standard InChI is InChI=1S/C2H4F2O4S/c3-2(4)1-8-9(5,6)7/h2H,1H2,(H,5,6,7). The fourth-order valence-corrected chi connectivity index (χ4v) is 0.412. The number of hydrogen-bond acceptors (Lipinski definition) is 3. The topological polar surface area (TPSA) is 63.6 Å². The highest BCUT2D eigenvalue weighted by Gasteiger charge is 2.09. The Morgan fingerprint density at radius 2 is 2.00 bits per heavy atom. The molecule has 0 aromatic carbocycles. The molecule has 0 spiro atoms. The average Bonchev–Trinajstić information content (AvgIpc) is 1.59. The zero-order chi connectivity index (χ0) is 7.49. The van der Waals surface area contributed by atoms with Crippen molar-refractivity contribution in [3.63, 3.8) is 0 Å². The van der Waals surface area contributed by atoms with Crippen LogP contribution >= 0.6 is 0 Å². The van der Waals surface area contributed by atoms with Crippen molar-refractivity contribution < 1.29 is 25.9 Å². The van der Waals surface area contributed by atoms with E-state index >= 15 is 0 Å². The molecule has 0 saturated carbocycles. The minimum atomic E-state index is -4.70. The van der Waals surface area contributed by atoms with E-state index in [-0.39, 0.29) is 0 Å². The molecule has 7 heteroatoms. The van der Waals surface area contributed by atoms with Crippen LogP contribution in [0.4, 0.5) is 8.78 Å². The van der Waals surface area contributed by atoms with Crippen LogP contribution in [0.5, 0.6) is 0 Å². The van der Waals surface area contributed by atoms with Gasteiger partial charge in [-0.05, 0) is 0 Å². The normalized spacial score (nSPS) is 12.4. The second-order valence-corrected chi connectivity index (χ2v) is 2.19. The molecule has 9 heavy (non-hydrogen) atoms. The van der Waals surface area contributed by atoms with Gasteiger partial charge >= 0.3 is 10.4 Å². The van der Waals surface area contributed by atoms with Gasteiger partial charge in [0.2, 0.25) is 0 Å². The molecule has 0 aromatic heterocycles. The molecule has 0 aliphatic carbocycles. The van der Waals surface area contributed by atoms with Crippen LogP contribution < -0.4 is 0 Å². The molecule has 0 bridgehead atoms. The summed E-state index contributed by atoms with van der Waals surface area (Å²) in [5.41, 5.74) is 0. The van der Waals surface area contributed by atoms with Crippen LogP contribution in [0.3, 0.4) is 0 Å². The molecular weight excluding hydrogens is 158 g/mol. The Morgan fingerprint density at radius 3 is 2.11 bits per heavy atom. The van der Waals surface area contributed by atoms with Gasteiger partial charge in [0.25, 0.3) is 6.43 Å². The third-order valence-corrected chi connectivity index (χ3v) is 0.777. The first-order chi connectivity index (χ1) is 3.92. The number of hydrogen-bond donors (Lipinski definition) is 1. The summed E-state index contributed by atoms with van der Waals surface area (Å²) in [4.78, 5) is 0. The first-order valence-electron chi connectivity index (χ1n) is 1.82. The Morgan fingerprint density at radius 1 is 1.56 bits per heavy atom. The Labute approximate surface area is 50.4 Å². The van der Waals surface area contributed by atoms with Gasteiger partial charge in [0.15, 0.2) is 0 Å². The summed E-state index contributed by atoms with van der Waals surface area (Å²) in [5.74, 6) is 0. The van der Waals surface area contributed by atoms with Crippen molar-refractivity contribution >= 4 is 10.4 Å². The second kappa shape index (κ2) is 3.04. The Kier molecular flexibility index (Phi) is 2.95. The molecule has 0 saturated heterocycles. The lowest BCUT2D eigenvalue weighted by Crippen LogP contribution is -2.10. The summed E-state index contributed by atoms with van der Waals surface area (Å²) in [6.45, 7) is -1.31. The van der Waals surface area contributed by atoms with E-state index in [9.17, 15) is 17.2 Å². The quantitative estimate of drug-likeness (QED) is 0.596. The van der Waals surface area contributed by atoms with Gasteiger partial charge in [-0.25, -0.2) is 13.0 Å². The SMILES string of the molecule is O=S(=O)(O)OCC(F)F. The van der Waals surface area contributed by atoms with Crippen molar-refractivity contribution in [3.05, 3.63) is 0 Å². The van der Waals surface area contributed by atoms with Gasteiger partial charge in [-0.2, -0.15) is 8.42 Å². The largest absolute Gasteiger partial charge is 0.397 e.